The lowest BCUT2D eigenvalue weighted by molar-refractivity contribution is -0.136. The molecule has 0 spiro atoms. The van der Waals surface area contributed by atoms with Gasteiger partial charge in [-0.25, -0.2) is 4.79 Å². The van der Waals surface area contributed by atoms with E-state index in [0.29, 0.717) is 11.3 Å². The molecular weight excluding hydrogens is 198 g/mol. The molecule has 0 aliphatic rings. The molecule has 0 amide bonds. The Bertz CT molecular complexity index is 394. The van der Waals surface area contributed by atoms with Crippen molar-refractivity contribution in [3.8, 4) is 0 Å². The Kier molecular flexibility index (Phi) is 3.56. The Labute approximate surface area is 85.7 Å². The first-order valence-electron chi connectivity index (χ1n) is 4.15. The Morgan fingerprint density at radius 1 is 1.33 bits per heavy atom. The van der Waals surface area contributed by atoms with Crippen LogP contribution in [0.4, 0.5) is 0 Å². The number of aliphatic carboxylic acids is 2. The van der Waals surface area contributed by atoms with Gasteiger partial charge in [-0.1, -0.05) is 6.07 Å². The van der Waals surface area contributed by atoms with Gasteiger partial charge in [-0.05, 0) is 17.7 Å². The van der Waals surface area contributed by atoms with Crippen molar-refractivity contribution in [2.45, 2.75) is 6.42 Å². The summed E-state index contributed by atoms with van der Waals surface area (Å²) in [4.78, 5) is 24.4. The van der Waals surface area contributed by atoms with Crippen molar-refractivity contribution >= 4 is 18.0 Å². The van der Waals surface area contributed by atoms with Crippen molar-refractivity contribution in [2.75, 3.05) is 0 Å². The van der Waals surface area contributed by atoms with Crippen LogP contribution in [0.5, 0.6) is 0 Å². The number of carboxylic acid groups (broad SMARTS) is 2. The van der Waals surface area contributed by atoms with Crippen molar-refractivity contribution in [2.24, 2.45) is 0 Å². The van der Waals surface area contributed by atoms with Gasteiger partial charge < -0.3 is 10.2 Å². The molecular formula is C10H9NO4. The lowest BCUT2D eigenvalue weighted by Crippen LogP contribution is -2.01. The summed E-state index contributed by atoms with van der Waals surface area (Å²) in [7, 11) is 0. The van der Waals surface area contributed by atoms with Crippen molar-refractivity contribution in [1.82, 2.24) is 4.98 Å². The summed E-state index contributed by atoms with van der Waals surface area (Å²) in [5, 5.41) is 16.8. The lowest BCUT2D eigenvalue weighted by atomic mass is 10.2. The van der Waals surface area contributed by atoms with Crippen LogP contribution in [0.2, 0.25) is 0 Å². The maximum Gasteiger partial charge on any atom is 0.328 e. The Morgan fingerprint density at radius 2 is 2.07 bits per heavy atom. The quantitative estimate of drug-likeness (QED) is 0.713. The maximum absolute atomic E-state index is 10.3. The first-order chi connectivity index (χ1) is 7.08. The molecule has 0 atom stereocenters. The van der Waals surface area contributed by atoms with E-state index in [1.165, 1.54) is 12.3 Å². The van der Waals surface area contributed by atoms with E-state index in [0.717, 1.165) is 6.08 Å². The molecule has 5 heteroatoms. The molecule has 0 aromatic carbocycles. The van der Waals surface area contributed by atoms with Crippen LogP contribution in [-0.2, 0) is 16.0 Å². The van der Waals surface area contributed by atoms with Crippen LogP contribution in [0.25, 0.3) is 6.08 Å². The third-order valence-electron chi connectivity index (χ3n) is 1.60. The van der Waals surface area contributed by atoms with Crippen molar-refractivity contribution in [3.05, 3.63) is 35.7 Å². The van der Waals surface area contributed by atoms with E-state index < -0.39 is 11.9 Å². The topological polar surface area (TPSA) is 87.5 Å². The molecule has 0 saturated heterocycles. The summed E-state index contributed by atoms with van der Waals surface area (Å²) < 4.78 is 0. The predicted octanol–water partition coefficient (Wildman–Crippen LogP) is 0.806. The van der Waals surface area contributed by atoms with Crippen LogP contribution in [0.3, 0.4) is 0 Å². The summed E-state index contributed by atoms with van der Waals surface area (Å²) in [5.74, 6) is -1.99. The van der Waals surface area contributed by atoms with E-state index >= 15 is 0 Å². The van der Waals surface area contributed by atoms with Gasteiger partial charge in [0.15, 0.2) is 0 Å². The Balaban J connectivity index is 2.72. The van der Waals surface area contributed by atoms with Gasteiger partial charge in [0.2, 0.25) is 0 Å². The van der Waals surface area contributed by atoms with Gasteiger partial charge in [0.05, 0.1) is 12.1 Å². The van der Waals surface area contributed by atoms with E-state index in [9.17, 15) is 9.59 Å². The molecule has 0 saturated carbocycles. The third kappa shape index (κ3) is 4.04. The monoisotopic (exact) mass is 207 g/mol. The third-order valence-corrected chi connectivity index (χ3v) is 1.60. The fourth-order valence-corrected chi connectivity index (χ4v) is 0.962. The highest BCUT2D eigenvalue weighted by atomic mass is 16.4. The van der Waals surface area contributed by atoms with Gasteiger partial charge in [0.1, 0.15) is 0 Å². The van der Waals surface area contributed by atoms with Gasteiger partial charge in [-0.2, -0.15) is 0 Å². The molecule has 1 aromatic rings. The molecule has 2 N–H and O–H groups in total. The summed E-state index contributed by atoms with van der Waals surface area (Å²) in [6.45, 7) is 0. The number of carboxylic acids is 2. The van der Waals surface area contributed by atoms with E-state index in [4.69, 9.17) is 10.2 Å². The predicted molar refractivity (Wildman–Crippen MR) is 52.2 cm³/mol. The zero-order valence-electron chi connectivity index (χ0n) is 7.75. The highest BCUT2D eigenvalue weighted by Gasteiger charge is 2.00. The van der Waals surface area contributed by atoms with E-state index in [2.05, 4.69) is 4.98 Å². The van der Waals surface area contributed by atoms with E-state index in [1.807, 2.05) is 0 Å². The second-order valence-electron chi connectivity index (χ2n) is 2.82. The molecule has 0 fully saturated rings. The van der Waals surface area contributed by atoms with Crippen LogP contribution in [0.1, 0.15) is 11.3 Å². The number of nitrogens with zero attached hydrogens (tertiary/aromatic N) is 1. The van der Waals surface area contributed by atoms with E-state index in [1.54, 1.807) is 12.1 Å². The highest BCUT2D eigenvalue weighted by molar-refractivity contribution is 5.85. The molecule has 78 valence electrons. The summed E-state index contributed by atoms with van der Waals surface area (Å²) in [6, 6.07) is 3.17. The number of hydrogen-bond donors (Lipinski definition) is 2. The number of aromatic nitrogens is 1. The molecule has 1 heterocycles. The zero-order valence-corrected chi connectivity index (χ0v) is 7.75. The van der Waals surface area contributed by atoms with Crippen molar-refractivity contribution < 1.29 is 19.8 Å². The lowest BCUT2D eigenvalue weighted by Gasteiger charge is -1.96. The van der Waals surface area contributed by atoms with Crippen molar-refractivity contribution in [3.63, 3.8) is 0 Å². The first kappa shape index (κ1) is 10.9. The molecule has 15 heavy (non-hydrogen) atoms. The second-order valence-corrected chi connectivity index (χ2v) is 2.82. The van der Waals surface area contributed by atoms with E-state index in [-0.39, 0.29) is 6.42 Å². The minimum atomic E-state index is -1.04. The van der Waals surface area contributed by atoms with Crippen LogP contribution in [0, 0.1) is 0 Å². The molecule has 0 aliphatic carbocycles. The Hall–Kier alpha value is -2.17. The largest absolute Gasteiger partial charge is 0.481 e. The number of carbonyl (C=O) groups is 2. The van der Waals surface area contributed by atoms with Gasteiger partial charge in [-0.3, -0.25) is 9.78 Å². The maximum atomic E-state index is 10.3. The minimum absolute atomic E-state index is 0.136. The SMILES string of the molecule is O=C(O)C=Cc1ccc(CC(=O)O)nc1. The van der Waals surface area contributed by atoms with Crippen LogP contribution in [0.15, 0.2) is 24.4 Å². The summed E-state index contributed by atoms with van der Waals surface area (Å²) in [5.41, 5.74) is 1.06. The molecule has 5 nitrogen and oxygen atoms in total. The smallest absolute Gasteiger partial charge is 0.328 e. The second kappa shape index (κ2) is 4.90. The molecule has 0 radical (unpaired) electrons. The van der Waals surface area contributed by atoms with Crippen LogP contribution < -0.4 is 0 Å². The van der Waals surface area contributed by atoms with Gasteiger partial charge in [0, 0.05) is 12.3 Å². The zero-order chi connectivity index (χ0) is 11.3. The normalized spacial score (nSPS) is 10.4. The van der Waals surface area contributed by atoms with Gasteiger partial charge in [-0.15, -0.1) is 0 Å². The minimum Gasteiger partial charge on any atom is -0.481 e. The molecule has 0 aliphatic heterocycles. The Morgan fingerprint density at radius 3 is 2.53 bits per heavy atom. The van der Waals surface area contributed by atoms with Crippen LogP contribution in [-0.4, -0.2) is 27.1 Å². The molecule has 0 unspecified atom stereocenters. The number of hydrogen-bond acceptors (Lipinski definition) is 3. The summed E-state index contributed by atoms with van der Waals surface area (Å²) >= 11 is 0. The summed E-state index contributed by atoms with van der Waals surface area (Å²) in [6.07, 6.45) is 3.68. The molecule has 0 bridgehead atoms. The number of pyridine rings is 1. The first-order valence-corrected chi connectivity index (χ1v) is 4.15. The average Bonchev–Trinajstić information content (AvgIpc) is 2.16. The van der Waals surface area contributed by atoms with Gasteiger partial charge in [0.25, 0.3) is 0 Å². The number of rotatable bonds is 4. The standard InChI is InChI=1S/C10H9NO4/c12-9(13)4-2-7-1-3-8(11-6-7)5-10(14)15/h1-4,6H,5H2,(H,12,13)(H,14,15). The van der Waals surface area contributed by atoms with Crippen LogP contribution >= 0.6 is 0 Å². The fourth-order valence-electron chi connectivity index (χ4n) is 0.962. The molecule has 1 rings (SSSR count). The highest BCUT2D eigenvalue weighted by Crippen LogP contribution is 2.03. The van der Waals surface area contributed by atoms with Gasteiger partial charge >= 0.3 is 11.9 Å². The van der Waals surface area contributed by atoms with Crippen molar-refractivity contribution in [1.29, 1.82) is 0 Å². The molecule has 1 aromatic heterocycles. The fraction of sp³-hybridized carbons (Fsp3) is 0.100. The average molecular weight is 207 g/mol.